The molecule has 0 bridgehead atoms. The van der Waals surface area contributed by atoms with Crippen molar-refractivity contribution in [1.82, 2.24) is 5.32 Å². The quantitative estimate of drug-likeness (QED) is 0.796. The second-order valence-corrected chi connectivity index (χ2v) is 3.55. The van der Waals surface area contributed by atoms with E-state index in [2.05, 4.69) is 5.32 Å². The maximum atomic E-state index is 12.3. The Morgan fingerprint density at radius 2 is 1.89 bits per heavy atom. The van der Waals surface area contributed by atoms with Crippen LogP contribution in [-0.4, -0.2) is 17.5 Å². The fourth-order valence-corrected chi connectivity index (χ4v) is 1.43. The van der Waals surface area contributed by atoms with Crippen molar-refractivity contribution in [2.75, 3.05) is 0 Å². The Morgan fingerprint density at radius 1 is 1.33 bits per heavy atom. The molecule has 0 aromatic heterocycles. The topological polar surface area (TPSA) is 66.4 Å². The zero-order valence-corrected chi connectivity index (χ0v) is 9.07. The van der Waals surface area contributed by atoms with Gasteiger partial charge in [-0.15, -0.1) is 0 Å². The number of benzene rings is 1. The molecule has 0 unspecified atom stereocenters. The van der Waals surface area contributed by atoms with Crippen molar-refractivity contribution in [3.8, 4) is 0 Å². The molecule has 2 N–H and O–H groups in total. The summed E-state index contributed by atoms with van der Waals surface area (Å²) in [4.78, 5) is 20.9. The Balaban J connectivity index is 2.93. The highest BCUT2D eigenvalue weighted by Gasteiger charge is 2.30. The third-order valence-electron chi connectivity index (χ3n) is 2.29. The van der Waals surface area contributed by atoms with Crippen molar-refractivity contribution in [2.45, 2.75) is 18.6 Å². The minimum absolute atomic E-state index is 0.303. The number of amides is 1. The van der Waals surface area contributed by atoms with Crippen LogP contribution in [0, 0.1) is 0 Å². The summed E-state index contributed by atoms with van der Waals surface area (Å²) in [6.45, 7) is 0. The van der Waals surface area contributed by atoms with Crippen LogP contribution in [0.3, 0.4) is 0 Å². The maximum absolute atomic E-state index is 12.3. The minimum atomic E-state index is -4.45. The number of carbonyl (C=O) groups is 2. The normalized spacial score (nSPS) is 12.8. The van der Waals surface area contributed by atoms with Crippen molar-refractivity contribution >= 4 is 12.4 Å². The molecule has 0 spiro atoms. The van der Waals surface area contributed by atoms with E-state index in [9.17, 15) is 22.8 Å². The van der Waals surface area contributed by atoms with Gasteiger partial charge in [-0.25, -0.2) is 0 Å². The molecule has 1 rings (SSSR count). The molecule has 1 aromatic rings. The second-order valence-electron chi connectivity index (χ2n) is 3.55. The predicted octanol–water partition coefficient (Wildman–Crippen LogP) is 1.97. The highest BCUT2D eigenvalue weighted by atomic mass is 19.4. The monoisotopic (exact) mass is 261 g/mol. The highest BCUT2D eigenvalue weighted by Crippen LogP contribution is 2.30. The number of carboxylic acid groups (broad SMARTS) is 1. The summed E-state index contributed by atoms with van der Waals surface area (Å²) >= 11 is 0. The zero-order valence-electron chi connectivity index (χ0n) is 9.07. The van der Waals surface area contributed by atoms with Crippen molar-refractivity contribution in [2.24, 2.45) is 0 Å². The Morgan fingerprint density at radius 3 is 2.28 bits per heavy atom. The molecule has 98 valence electrons. The zero-order chi connectivity index (χ0) is 13.8. The van der Waals surface area contributed by atoms with Crippen LogP contribution in [0.4, 0.5) is 13.2 Å². The molecule has 18 heavy (non-hydrogen) atoms. The van der Waals surface area contributed by atoms with Crippen molar-refractivity contribution in [3.63, 3.8) is 0 Å². The predicted molar refractivity (Wildman–Crippen MR) is 55.6 cm³/mol. The minimum Gasteiger partial charge on any atom is -0.481 e. The molecule has 1 amide bonds. The van der Waals surface area contributed by atoms with E-state index >= 15 is 0 Å². The van der Waals surface area contributed by atoms with E-state index in [0.29, 0.717) is 12.0 Å². The number of carbonyl (C=O) groups excluding carboxylic acids is 1. The largest absolute Gasteiger partial charge is 0.481 e. The Hall–Kier alpha value is -2.05. The molecule has 0 saturated heterocycles. The first-order valence-corrected chi connectivity index (χ1v) is 4.93. The molecule has 0 saturated carbocycles. The van der Waals surface area contributed by atoms with Gasteiger partial charge in [0.1, 0.15) is 0 Å². The first-order valence-electron chi connectivity index (χ1n) is 4.93. The number of carboxylic acids is 1. The van der Waals surface area contributed by atoms with Crippen molar-refractivity contribution in [3.05, 3.63) is 35.4 Å². The van der Waals surface area contributed by atoms with Gasteiger partial charge < -0.3 is 10.4 Å². The molecule has 1 atom stereocenters. The van der Waals surface area contributed by atoms with Gasteiger partial charge in [-0.3, -0.25) is 9.59 Å². The lowest BCUT2D eigenvalue weighted by Crippen LogP contribution is -2.22. The van der Waals surface area contributed by atoms with E-state index in [-0.39, 0.29) is 0 Å². The van der Waals surface area contributed by atoms with Gasteiger partial charge >= 0.3 is 12.1 Å². The van der Waals surface area contributed by atoms with Crippen LogP contribution in [0.15, 0.2) is 24.3 Å². The number of hydrogen-bond acceptors (Lipinski definition) is 2. The summed E-state index contributed by atoms with van der Waals surface area (Å²) in [6.07, 6.45) is -4.53. The van der Waals surface area contributed by atoms with Gasteiger partial charge in [0, 0.05) is 0 Å². The van der Waals surface area contributed by atoms with Gasteiger partial charge in [0.25, 0.3) is 0 Å². The summed E-state index contributed by atoms with van der Waals surface area (Å²) in [5.74, 6) is -1.16. The summed E-state index contributed by atoms with van der Waals surface area (Å²) in [7, 11) is 0. The van der Waals surface area contributed by atoms with Crippen LogP contribution in [0.25, 0.3) is 0 Å². The first kappa shape index (κ1) is 14.0. The molecule has 0 heterocycles. The molecule has 0 radical (unpaired) electrons. The van der Waals surface area contributed by atoms with Crippen molar-refractivity contribution < 1.29 is 27.9 Å². The van der Waals surface area contributed by atoms with Gasteiger partial charge in [-0.1, -0.05) is 12.1 Å². The molecule has 7 heteroatoms. The Kier molecular flexibility index (Phi) is 4.30. The summed E-state index contributed by atoms with van der Waals surface area (Å²) in [5, 5.41) is 10.9. The summed E-state index contributed by atoms with van der Waals surface area (Å²) in [6, 6.07) is 3.13. The first-order chi connectivity index (χ1) is 8.34. The van der Waals surface area contributed by atoms with Crippen LogP contribution >= 0.6 is 0 Å². The van der Waals surface area contributed by atoms with Gasteiger partial charge in [0.15, 0.2) is 0 Å². The number of hydrogen-bond donors (Lipinski definition) is 2. The van der Waals surface area contributed by atoms with Crippen LogP contribution in [-0.2, 0) is 15.8 Å². The maximum Gasteiger partial charge on any atom is 0.416 e. The molecular formula is C11H10F3NO3. The lowest BCUT2D eigenvalue weighted by Gasteiger charge is -2.15. The highest BCUT2D eigenvalue weighted by molar-refractivity contribution is 5.68. The molecule has 0 aliphatic carbocycles. The Labute approximate surface area is 100 Å². The van der Waals surface area contributed by atoms with Crippen molar-refractivity contribution in [1.29, 1.82) is 0 Å². The summed E-state index contributed by atoms with van der Waals surface area (Å²) in [5.41, 5.74) is -0.524. The van der Waals surface area contributed by atoms with Gasteiger partial charge in [0.2, 0.25) is 6.41 Å². The number of alkyl halides is 3. The van der Waals surface area contributed by atoms with Gasteiger partial charge in [-0.2, -0.15) is 13.2 Å². The standard InChI is InChI=1S/C11H10F3NO3/c12-11(13,14)8-3-1-7(2-4-8)9(15-6-16)5-10(17)18/h1-4,6,9H,5H2,(H,15,16)(H,17,18)/t9-/m0/s1. The molecule has 1 aromatic carbocycles. The van der Waals surface area contributed by atoms with E-state index in [1.165, 1.54) is 0 Å². The van der Waals surface area contributed by atoms with Gasteiger partial charge in [-0.05, 0) is 17.7 Å². The number of nitrogens with one attached hydrogen (secondary N) is 1. The Bertz CT molecular complexity index is 428. The molecule has 4 nitrogen and oxygen atoms in total. The number of aliphatic carboxylic acids is 1. The summed E-state index contributed by atoms with van der Waals surface area (Å²) < 4.78 is 36.9. The third kappa shape index (κ3) is 3.76. The fourth-order valence-electron chi connectivity index (χ4n) is 1.43. The van der Waals surface area contributed by atoms with E-state index in [1.807, 2.05) is 0 Å². The smallest absolute Gasteiger partial charge is 0.416 e. The molecule has 0 aliphatic rings. The van der Waals surface area contributed by atoms with Crippen LogP contribution in [0.5, 0.6) is 0 Å². The molecule has 0 fully saturated rings. The fraction of sp³-hybridized carbons (Fsp3) is 0.273. The van der Waals surface area contributed by atoms with Gasteiger partial charge in [0.05, 0.1) is 18.0 Å². The van der Waals surface area contributed by atoms with E-state index in [0.717, 1.165) is 24.3 Å². The number of halogens is 3. The average molecular weight is 261 g/mol. The van der Waals surface area contributed by atoms with E-state index in [1.54, 1.807) is 0 Å². The lowest BCUT2D eigenvalue weighted by atomic mass is 10.0. The van der Waals surface area contributed by atoms with E-state index < -0.39 is 30.2 Å². The molecular weight excluding hydrogens is 251 g/mol. The second kappa shape index (κ2) is 5.52. The number of rotatable bonds is 5. The third-order valence-corrected chi connectivity index (χ3v) is 2.29. The van der Waals surface area contributed by atoms with Crippen LogP contribution in [0.2, 0.25) is 0 Å². The van der Waals surface area contributed by atoms with Crippen LogP contribution in [0.1, 0.15) is 23.6 Å². The SMILES string of the molecule is O=CN[C@@H](CC(=O)O)c1ccc(C(F)(F)F)cc1. The van der Waals surface area contributed by atoms with E-state index in [4.69, 9.17) is 5.11 Å². The molecule has 0 aliphatic heterocycles. The average Bonchev–Trinajstić information content (AvgIpc) is 2.27. The lowest BCUT2D eigenvalue weighted by molar-refractivity contribution is -0.138. The van der Waals surface area contributed by atoms with Crippen LogP contribution < -0.4 is 5.32 Å².